The zero-order chi connectivity index (χ0) is 14.5. The van der Waals surface area contributed by atoms with Crippen LogP contribution < -0.4 is 4.74 Å². The van der Waals surface area contributed by atoms with E-state index in [9.17, 15) is 4.79 Å². The highest BCUT2D eigenvalue weighted by atomic mass is 79.9. The van der Waals surface area contributed by atoms with Crippen molar-refractivity contribution in [2.45, 2.75) is 13.3 Å². The lowest BCUT2D eigenvalue weighted by Gasteiger charge is -2.09. The maximum Gasteiger partial charge on any atom is 0.335 e. The van der Waals surface area contributed by atoms with E-state index in [0.29, 0.717) is 12.4 Å². The molecule has 1 N–H and O–H groups in total. The molecule has 0 bridgehead atoms. The number of hydrogen-bond donors (Lipinski definition) is 1. The Morgan fingerprint density at radius 1 is 1.25 bits per heavy atom. The summed E-state index contributed by atoms with van der Waals surface area (Å²) in [6.07, 6.45) is 0.783. The lowest BCUT2D eigenvalue weighted by molar-refractivity contribution is 0.0696. The third-order valence-corrected chi connectivity index (χ3v) is 3.56. The lowest BCUT2D eigenvalue weighted by Crippen LogP contribution is -2.03. The predicted molar refractivity (Wildman–Crippen MR) is 81.5 cm³/mol. The van der Waals surface area contributed by atoms with Crippen molar-refractivity contribution in [1.29, 1.82) is 0 Å². The first-order valence-corrected chi connectivity index (χ1v) is 7.07. The molecule has 0 saturated carbocycles. The van der Waals surface area contributed by atoms with Crippen molar-refractivity contribution in [3.05, 3.63) is 63.6 Å². The zero-order valence-electron chi connectivity index (χ0n) is 11.1. The third kappa shape index (κ3) is 3.84. The molecule has 0 unspecified atom stereocenters. The van der Waals surface area contributed by atoms with Crippen LogP contribution in [0.1, 0.15) is 21.5 Å². The maximum absolute atomic E-state index is 10.9. The highest BCUT2D eigenvalue weighted by Crippen LogP contribution is 2.26. The number of benzene rings is 2. The van der Waals surface area contributed by atoms with E-state index >= 15 is 0 Å². The van der Waals surface area contributed by atoms with Gasteiger partial charge in [-0.15, -0.1) is 0 Å². The summed E-state index contributed by atoms with van der Waals surface area (Å²) in [4.78, 5) is 10.9. The summed E-state index contributed by atoms with van der Waals surface area (Å²) in [5.74, 6) is -0.404. The molecule has 2 rings (SSSR count). The van der Waals surface area contributed by atoms with Crippen molar-refractivity contribution in [3.63, 3.8) is 0 Å². The van der Waals surface area contributed by atoms with Gasteiger partial charge in [0.2, 0.25) is 0 Å². The Morgan fingerprint density at radius 3 is 2.75 bits per heavy atom. The summed E-state index contributed by atoms with van der Waals surface area (Å²) in [6, 6.07) is 13.0. The molecule has 0 aliphatic heterocycles. The van der Waals surface area contributed by atoms with E-state index in [4.69, 9.17) is 9.84 Å². The molecule has 2 aromatic carbocycles. The van der Waals surface area contributed by atoms with Crippen molar-refractivity contribution in [2.75, 3.05) is 6.61 Å². The maximum atomic E-state index is 10.9. The van der Waals surface area contributed by atoms with Crippen LogP contribution in [-0.4, -0.2) is 17.7 Å². The monoisotopic (exact) mass is 334 g/mol. The fourth-order valence-corrected chi connectivity index (χ4v) is 2.25. The van der Waals surface area contributed by atoms with Gasteiger partial charge in [0.1, 0.15) is 5.75 Å². The molecule has 0 radical (unpaired) electrons. The second-order valence-corrected chi connectivity index (χ2v) is 5.39. The van der Waals surface area contributed by atoms with Gasteiger partial charge >= 0.3 is 5.97 Å². The second-order valence-electron chi connectivity index (χ2n) is 4.54. The molecule has 0 aliphatic carbocycles. The van der Waals surface area contributed by atoms with Gasteiger partial charge in [0.15, 0.2) is 0 Å². The summed E-state index contributed by atoms with van der Waals surface area (Å²) in [7, 11) is 0. The molecular formula is C16H15BrO3. The van der Waals surface area contributed by atoms with Crippen LogP contribution in [0.15, 0.2) is 46.9 Å². The van der Waals surface area contributed by atoms with Crippen LogP contribution in [0.2, 0.25) is 0 Å². The van der Waals surface area contributed by atoms with Crippen LogP contribution in [0.3, 0.4) is 0 Å². The molecule has 0 amide bonds. The summed E-state index contributed by atoms with van der Waals surface area (Å²) in [6.45, 7) is 2.56. The number of halogens is 1. The highest BCUT2D eigenvalue weighted by Gasteiger charge is 2.08. The van der Waals surface area contributed by atoms with Gasteiger partial charge in [0.25, 0.3) is 0 Å². The number of rotatable bonds is 5. The molecule has 2 aromatic rings. The Bertz CT molecular complexity index is 623. The molecule has 0 spiro atoms. The molecule has 0 heterocycles. The van der Waals surface area contributed by atoms with E-state index in [2.05, 4.69) is 41.1 Å². The second kappa shape index (κ2) is 6.57. The van der Waals surface area contributed by atoms with Crippen molar-refractivity contribution in [2.24, 2.45) is 0 Å². The average molecular weight is 335 g/mol. The first-order chi connectivity index (χ1) is 9.56. The number of aryl methyl sites for hydroxylation is 1. The molecule has 0 saturated heterocycles. The zero-order valence-corrected chi connectivity index (χ0v) is 12.7. The van der Waals surface area contributed by atoms with Crippen molar-refractivity contribution in [1.82, 2.24) is 0 Å². The molecule has 104 valence electrons. The number of carboxylic acid groups (broad SMARTS) is 1. The average Bonchev–Trinajstić information content (AvgIpc) is 2.40. The summed E-state index contributed by atoms with van der Waals surface area (Å²) in [5.41, 5.74) is 2.64. The number of ether oxygens (including phenoxy) is 1. The summed E-state index contributed by atoms with van der Waals surface area (Å²) >= 11 is 3.36. The van der Waals surface area contributed by atoms with Gasteiger partial charge < -0.3 is 9.84 Å². The Hall–Kier alpha value is -1.81. The minimum atomic E-state index is -0.957. The fraction of sp³-hybridized carbons (Fsp3) is 0.188. The van der Waals surface area contributed by atoms with Gasteiger partial charge in [-0.1, -0.05) is 29.8 Å². The first-order valence-electron chi connectivity index (χ1n) is 6.27. The van der Waals surface area contributed by atoms with Crippen LogP contribution in [0.5, 0.6) is 5.75 Å². The largest absolute Gasteiger partial charge is 0.492 e. The molecule has 4 heteroatoms. The molecule has 0 fully saturated rings. The van der Waals surface area contributed by atoms with Gasteiger partial charge in [0, 0.05) is 6.42 Å². The highest BCUT2D eigenvalue weighted by molar-refractivity contribution is 9.10. The SMILES string of the molecule is Cc1cccc(CCOc2cc(C(=O)O)ccc2Br)c1. The van der Waals surface area contributed by atoms with Gasteiger partial charge in [-0.05, 0) is 46.6 Å². The van der Waals surface area contributed by atoms with E-state index in [-0.39, 0.29) is 5.56 Å². The van der Waals surface area contributed by atoms with Crippen molar-refractivity contribution >= 4 is 21.9 Å². The number of carbonyl (C=O) groups is 1. The Kier molecular flexibility index (Phi) is 4.79. The molecule has 3 nitrogen and oxygen atoms in total. The molecule has 0 aliphatic rings. The normalized spacial score (nSPS) is 10.3. The molecule has 0 aromatic heterocycles. The van der Waals surface area contributed by atoms with Gasteiger partial charge in [-0.2, -0.15) is 0 Å². The molecule has 0 atom stereocenters. The lowest BCUT2D eigenvalue weighted by atomic mass is 10.1. The molecular weight excluding hydrogens is 320 g/mol. The van der Waals surface area contributed by atoms with Crippen LogP contribution in [0, 0.1) is 6.92 Å². The number of aromatic carboxylic acids is 1. The van der Waals surface area contributed by atoms with E-state index in [1.165, 1.54) is 17.2 Å². The number of carboxylic acids is 1. The summed E-state index contributed by atoms with van der Waals surface area (Å²) in [5, 5.41) is 8.96. The fourth-order valence-electron chi connectivity index (χ4n) is 1.89. The Morgan fingerprint density at radius 2 is 2.05 bits per heavy atom. The smallest absolute Gasteiger partial charge is 0.335 e. The van der Waals surface area contributed by atoms with Crippen LogP contribution in [0.25, 0.3) is 0 Å². The van der Waals surface area contributed by atoms with E-state index in [0.717, 1.165) is 10.9 Å². The van der Waals surface area contributed by atoms with Crippen LogP contribution in [-0.2, 0) is 6.42 Å². The van der Waals surface area contributed by atoms with Crippen molar-refractivity contribution < 1.29 is 14.6 Å². The van der Waals surface area contributed by atoms with Crippen LogP contribution >= 0.6 is 15.9 Å². The quantitative estimate of drug-likeness (QED) is 0.896. The Labute approximate surface area is 126 Å². The summed E-state index contributed by atoms with van der Waals surface area (Å²) < 4.78 is 6.42. The predicted octanol–water partition coefficient (Wildman–Crippen LogP) is 4.08. The van der Waals surface area contributed by atoms with Crippen molar-refractivity contribution in [3.8, 4) is 5.75 Å². The van der Waals surface area contributed by atoms with E-state index in [1.807, 2.05) is 6.07 Å². The standard InChI is InChI=1S/C16H15BrO3/c1-11-3-2-4-12(9-11)7-8-20-15-10-13(16(18)19)5-6-14(15)17/h2-6,9-10H,7-8H2,1H3,(H,18,19). The number of hydrogen-bond acceptors (Lipinski definition) is 2. The minimum Gasteiger partial charge on any atom is -0.492 e. The van der Waals surface area contributed by atoms with E-state index in [1.54, 1.807) is 12.1 Å². The van der Waals surface area contributed by atoms with Gasteiger partial charge in [0.05, 0.1) is 16.6 Å². The first kappa shape index (κ1) is 14.6. The Balaban J connectivity index is 2.00. The topological polar surface area (TPSA) is 46.5 Å². The van der Waals surface area contributed by atoms with Crippen LogP contribution in [0.4, 0.5) is 0 Å². The van der Waals surface area contributed by atoms with E-state index < -0.39 is 5.97 Å². The molecule has 20 heavy (non-hydrogen) atoms. The van der Waals surface area contributed by atoms with Gasteiger partial charge in [-0.25, -0.2) is 4.79 Å². The van der Waals surface area contributed by atoms with Gasteiger partial charge in [-0.3, -0.25) is 0 Å². The third-order valence-electron chi connectivity index (χ3n) is 2.91. The minimum absolute atomic E-state index is 0.221.